The van der Waals surface area contributed by atoms with E-state index < -0.39 is 11.7 Å². The highest BCUT2D eigenvalue weighted by atomic mass is 16.6. The smallest absolute Gasteiger partial charge is 0.412 e. The molecule has 1 rings (SSSR count). The molecule has 112 valence electrons. The van der Waals surface area contributed by atoms with Crippen molar-refractivity contribution < 1.29 is 14.6 Å². The molecule has 20 heavy (non-hydrogen) atoms. The monoisotopic (exact) mass is 280 g/mol. The SMILES string of the molecule is CNC(C)(C)c1ccc(O)c(NC(=O)OC(C)(C)C)c1. The van der Waals surface area contributed by atoms with Crippen LogP contribution in [0.25, 0.3) is 0 Å². The van der Waals surface area contributed by atoms with Gasteiger partial charge in [0.05, 0.1) is 5.69 Å². The third kappa shape index (κ3) is 4.42. The molecule has 1 aromatic carbocycles. The number of amides is 1. The maximum atomic E-state index is 11.8. The van der Waals surface area contributed by atoms with Crippen molar-refractivity contribution in [2.24, 2.45) is 0 Å². The second-order valence-corrected chi connectivity index (χ2v) is 6.23. The first-order valence-corrected chi connectivity index (χ1v) is 6.57. The molecule has 0 spiro atoms. The van der Waals surface area contributed by atoms with Gasteiger partial charge in [0.15, 0.2) is 0 Å². The summed E-state index contributed by atoms with van der Waals surface area (Å²) in [6.07, 6.45) is -0.591. The van der Waals surface area contributed by atoms with Gasteiger partial charge in [-0.3, -0.25) is 5.32 Å². The summed E-state index contributed by atoms with van der Waals surface area (Å²) < 4.78 is 5.17. The number of rotatable bonds is 3. The summed E-state index contributed by atoms with van der Waals surface area (Å²) in [4.78, 5) is 11.8. The molecule has 5 nitrogen and oxygen atoms in total. The standard InChI is InChI=1S/C15H24N2O3/c1-14(2,3)20-13(19)17-11-9-10(7-8-12(11)18)15(4,5)16-6/h7-9,16,18H,1-6H3,(H,17,19). The average molecular weight is 280 g/mol. The molecule has 1 aromatic rings. The van der Waals surface area contributed by atoms with Gasteiger partial charge in [-0.05, 0) is 59.4 Å². The Hall–Kier alpha value is -1.75. The molecule has 0 atom stereocenters. The Balaban J connectivity index is 2.96. The number of ether oxygens (including phenoxy) is 1. The first-order chi connectivity index (χ1) is 9.05. The molecule has 0 fully saturated rings. The van der Waals surface area contributed by atoms with Gasteiger partial charge in [-0.25, -0.2) is 4.79 Å². The Morgan fingerprint density at radius 1 is 1.20 bits per heavy atom. The second kappa shape index (κ2) is 5.71. The number of aromatic hydroxyl groups is 1. The van der Waals surface area contributed by atoms with Gasteiger partial charge >= 0.3 is 6.09 Å². The molecule has 0 aromatic heterocycles. The summed E-state index contributed by atoms with van der Waals surface area (Å²) >= 11 is 0. The van der Waals surface area contributed by atoms with Crippen LogP contribution in [0.5, 0.6) is 5.75 Å². The van der Waals surface area contributed by atoms with Crippen molar-refractivity contribution in [1.82, 2.24) is 5.32 Å². The molecule has 0 aliphatic carbocycles. The summed E-state index contributed by atoms with van der Waals surface area (Å²) in [6.45, 7) is 9.38. The molecular weight excluding hydrogens is 256 g/mol. The minimum absolute atomic E-state index is 0.00603. The normalized spacial score (nSPS) is 12.1. The van der Waals surface area contributed by atoms with Crippen LogP contribution in [0.3, 0.4) is 0 Å². The quantitative estimate of drug-likeness (QED) is 0.744. The molecule has 0 aliphatic rings. The molecular formula is C15H24N2O3. The number of benzene rings is 1. The largest absolute Gasteiger partial charge is 0.506 e. The highest BCUT2D eigenvalue weighted by Gasteiger charge is 2.21. The lowest BCUT2D eigenvalue weighted by Gasteiger charge is -2.26. The van der Waals surface area contributed by atoms with E-state index in [0.29, 0.717) is 5.69 Å². The van der Waals surface area contributed by atoms with Crippen molar-refractivity contribution in [3.05, 3.63) is 23.8 Å². The van der Waals surface area contributed by atoms with Crippen molar-refractivity contribution in [2.75, 3.05) is 12.4 Å². The van der Waals surface area contributed by atoms with E-state index in [4.69, 9.17) is 4.74 Å². The molecule has 0 saturated carbocycles. The van der Waals surface area contributed by atoms with Gasteiger partial charge in [0.2, 0.25) is 0 Å². The number of phenols is 1. The Morgan fingerprint density at radius 3 is 2.30 bits per heavy atom. The molecule has 0 unspecified atom stereocenters. The van der Waals surface area contributed by atoms with Crippen molar-refractivity contribution in [2.45, 2.75) is 45.8 Å². The Labute approximate surface area is 120 Å². The molecule has 0 bridgehead atoms. The Morgan fingerprint density at radius 2 is 1.80 bits per heavy atom. The predicted octanol–water partition coefficient (Wildman–Crippen LogP) is 3.19. The fourth-order valence-corrected chi connectivity index (χ4v) is 1.58. The molecule has 1 amide bonds. The zero-order valence-corrected chi connectivity index (χ0v) is 13.0. The summed E-state index contributed by atoms with van der Waals surface area (Å²) in [5, 5.41) is 15.6. The van der Waals surface area contributed by atoms with E-state index >= 15 is 0 Å². The summed E-state index contributed by atoms with van der Waals surface area (Å²) in [5.41, 5.74) is 0.434. The van der Waals surface area contributed by atoms with Crippen LogP contribution in [-0.4, -0.2) is 23.8 Å². The molecule has 0 heterocycles. The van der Waals surface area contributed by atoms with Crippen LogP contribution in [0.15, 0.2) is 18.2 Å². The fraction of sp³-hybridized carbons (Fsp3) is 0.533. The third-order valence-electron chi connectivity index (χ3n) is 2.98. The number of hydrogen-bond acceptors (Lipinski definition) is 4. The van der Waals surface area contributed by atoms with E-state index in [1.54, 1.807) is 32.9 Å². The molecule has 5 heteroatoms. The molecule has 0 saturated heterocycles. The average Bonchev–Trinajstić information content (AvgIpc) is 2.29. The highest BCUT2D eigenvalue weighted by molar-refractivity contribution is 5.87. The predicted molar refractivity (Wildman–Crippen MR) is 80.0 cm³/mol. The third-order valence-corrected chi connectivity index (χ3v) is 2.98. The van der Waals surface area contributed by atoms with Crippen LogP contribution in [0.1, 0.15) is 40.2 Å². The van der Waals surface area contributed by atoms with Gasteiger partial charge in [0.25, 0.3) is 0 Å². The van der Waals surface area contributed by atoms with Crippen molar-refractivity contribution in [3.8, 4) is 5.75 Å². The zero-order chi connectivity index (χ0) is 15.6. The minimum Gasteiger partial charge on any atom is -0.506 e. The van der Waals surface area contributed by atoms with E-state index in [1.165, 1.54) is 0 Å². The van der Waals surface area contributed by atoms with Crippen LogP contribution in [0.4, 0.5) is 10.5 Å². The minimum atomic E-state index is -0.591. The first-order valence-electron chi connectivity index (χ1n) is 6.57. The summed E-state index contributed by atoms with van der Waals surface area (Å²) in [7, 11) is 1.85. The number of carbonyl (C=O) groups excluding carboxylic acids is 1. The fourth-order valence-electron chi connectivity index (χ4n) is 1.58. The van der Waals surface area contributed by atoms with E-state index in [-0.39, 0.29) is 11.3 Å². The number of phenolic OH excluding ortho intramolecular Hbond substituents is 1. The van der Waals surface area contributed by atoms with Crippen LogP contribution < -0.4 is 10.6 Å². The highest BCUT2D eigenvalue weighted by Crippen LogP contribution is 2.29. The number of hydrogen-bond donors (Lipinski definition) is 3. The van der Waals surface area contributed by atoms with E-state index in [2.05, 4.69) is 10.6 Å². The van der Waals surface area contributed by atoms with Gasteiger partial charge in [-0.1, -0.05) is 6.07 Å². The molecule has 3 N–H and O–H groups in total. The van der Waals surface area contributed by atoms with Crippen LogP contribution in [0, 0.1) is 0 Å². The van der Waals surface area contributed by atoms with Crippen molar-refractivity contribution >= 4 is 11.8 Å². The maximum Gasteiger partial charge on any atom is 0.412 e. The zero-order valence-electron chi connectivity index (χ0n) is 13.0. The van der Waals surface area contributed by atoms with E-state index in [0.717, 1.165) is 5.56 Å². The maximum absolute atomic E-state index is 11.8. The topological polar surface area (TPSA) is 70.6 Å². The van der Waals surface area contributed by atoms with Crippen LogP contribution >= 0.6 is 0 Å². The van der Waals surface area contributed by atoms with Crippen LogP contribution in [-0.2, 0) is 10.3 Å². The first kappa shape index (κ1) is 16.3. The van der Waals surface area contributed by atoms with Gasteiger partial charge in [0.1, 0.15) is 11.4 Å². The molecule has 0 aliphatic heterocycles. The van der Waals surface area contributed by atoms with Gasteiger partial charge in [-0.15, -0.1) is 0 Å². The number of carbonyl (C=O) groups is 1. The van der Waals surface area contributed by atoms with E-state index in [9.17, 15) is 9.90 Å². The summed E-state index contributed by atoms with van der Waals surface area (Å²) in [6, 6.07) is 5.10. The number of nitrogens with one attached hydrogen (secondary N) is 2. The van der Waals surface area contributed by atoms with Crippen molar-refractivity contribution in [1.29, 1.82) is 0 Å². The van der Waals surface area contributed by atoms with Crippen molar-refractivity contribution in [3.63, 3.8) is 0 Å². The Bertz CT molecular complexity index is 490. The second-order valence-electron chi connectivity index (χ2n) is 6.23. The summed E-state index contributed by atoms with van der Waals surface area (Å²) in [5.74, 6) is 0.00603. The van der Waals surface area contributed by atoms with Crippen LogP contribution in [0.2, 0.25) is 0 Å². The van der Waals surface area contributed by atoms with Gasteiger partial charge in [-0.2, -0.15) is 0 Å². The Kier molecular flexibility index (Phi) is 4.65. The van der Waals surface area contributed by atoms with Gasteiger partial charge in [0, 0.05) is 5.54 Å². The lowest BCUT2D eigenvalue weighted by Crippen LogP contribution is -2.33. The number of anilines is 1. The molecule has 0 radical (unpaired) electrons. The van der Waals surface area contributed by atoms with Gasteiger partial charge < -0.3 is 15.2 Å². The lowest BCUT2D eigenvalue weighted by atomic mass is 9.94. The van der Waals surface area contributed by atoms with E-state index in [1.807, 2.05) is 27.0 Å². The lowest BCUT2D eigenvalue weighted by molar-refractivity contribution is 0.0635.